The summed E-state index contributed by atoms with van der Waals surface area (Å²) >= 11 is 3.41. The lowest BCUT2D eigenvalue weighted by Crippen LogP contribution is -2.09. The molecule has 0 amide bonds. The Balaban J connectivity index is 2.68. The Labute approximate surface area is 106 Å². The van der Waals surface area contributed by atoms with Gasteiger partial charge in [0.1, 0.15) is 0 Å². The number of aryl methyl sites for hydroxylation is 1. The number of hydrogen-bond acceptors (Lipinski definition) is 3. The molecule has 0 aliphatic heterocycles. The number of aromatic nitrogens is 3. The molecule has 0 saturated heterocycles. The van der Waals surface area contributed by atoms with Gasteiger partial charge in [-0.2, -0.15) is 5.10 Å². The number of nitrogens with zero attached hydrogens (tertiary/aromatic N) is 3. The monoisotopic (exact) mass is 295 g/mol. The molecule has 0 spiro atoms. The summed E-state index contributed by atoms with van der Waals surface area (Å²) in [6.07, 6.45) is 1.45. The molecule has 2 heterocycles. The normalized spacial score (nSPS) is 10.5. The van der Waals surface area contributed by atoms with Gasteiger partial charge >= 0.3 is 5.97 Å². The zero-order chi connectivity index (χ0) is 12.6. The molecule has 0 fully saturated rings. The number of carboxylic acids is 1. The van der Waals surface area contributed by atoms with Crippen molar-refractivity contribution in [3.63, 3.8) is 0 Å². The molecule has 0 atom stereocenters. The SMILES string of the molecule is Cc1nn(-c2cccnc2C(=O)O)c(C)c1Br. The van der Waals surface area contributed by atoms with Crippen molar-refractivity contribution in [1.29, 1.82) is 0 Å². The first-order chi connectivity index (χ1) is 8.02. The van der Waals surface area contributed by atoms with Gasteiger partial charge in [0.05, 0.1) is 21.5 Å². The Bertz CT molecular complexity index is 592. The highest BCUT2D eigenvalue weighted by Gasteiger charge is 2.17. The average Bonchev–Trinajstić information content (AvgIpc) is 2.57. The van der Waals surface area contributed by atoms with Crippen molar-refractivity contribution in [2.45, 2.75) is 13.8 Å². The third-order valence-corrected chi connectivity index (χ3v) is 3.57. The quantitative estimate of drug-likeness (QED) is 0.923. The summed E-state index contributed by atoms with van der Waals surface area (Å²) in [6, 6.07) is 3.37. The number of halogens is 1. The number of hydrogen-bond donors (Lipinski definition) is 1. The van der Waals surface area contributed by atoms with Gasteiger partial charge in [0.2, 0.25) is 0 Å². The Hall–Kier alpha value is -1.69. The maximum absolute atomic E-state index is 11.1. The molecule has 0 saturated carbocycles. The van der Waals surface area contributed by atoms with Crippen LogP contribution < -0.4 is 0 Å². The van der Waals surface area contributed by atoms with Gasteiger partial charge in [-0.3, -0.25) is 0 Å². The van der Waals surface area contributed by atoms with Crippen molar-refractivity contribution in [3.8, 4) is 5.69 Å². The predicted octanol–water partition coefficient (Wildman–Crippen LogP) is 2.34. The van der Waals surface area contributed by atoms with Crippen molar-refractivity contribution in [3.05, 3.63) is 39.9 Å². The molecule has 17 heavy (non-hydrogen) atoms. The van der Waals surface area contributed by atoms with Crippen LogP contribution in [0.4, 0.5) is 0 Å². The van der Waals surface area contributed by atoms with Crippen LogP contribution in [-0.2, 0) is 0 Å². The molecular formula is C11H10BrN3O2. The van der Waals surface area contributed by atoms with Crippen molar-refractivity contribution < 1.29 is 9.90 Å². The highest BCUT2D eigenvalue weighted by molar-refractivity contribution is 9.10. The fourth-order valence-electron chi connectivity index (χ4n) is 1.59. The van der Waals surface area contributed by atoms with Gasteiger partial charge in [-0.1, -0.05) is 0 Å². The molecule has 0 aliphatic rings. The molecule has 1 N–H and O–H groups in total. The number of rotatable bonds is 2. The molecule has 2 rings (SSSR count). The van der Waals surface area contributed by atoms with E-state index in [9.17, 15) is 4.79 Å². The van der Waals surface area contributed by atoms with E-state index < -0.39 is 5.97 Å². The third kappa shape index (κ3) is 1.95. The highest BCUT2D eigenvalue weighted by atomic mass is 79.9. The van der Waals surface area contributed by atoms with Gasteiger partial charge in [-0.25, -0.2) is 14.5 Å². The van der Waals surface area contributed by atoms with E-state index in [4.69, 9.17) is 5.11 Å². The first kappa shape index (κ1) is 11.8. The molecule has 2 aromatic rings. The molecule has 0 bridgehead atoms. The summed E-state index contributed by atoms with van der Waals surface area (Å²) in [4.78, 5) is 14.9. The Morgan fingerprint density at radius 2 is 2.18 bits per heavy atom. The van der Waals surface area contributed by atoms with E-state index >= 15 is 0 Å². The van der Waals surface area contributed by atoms with Crippen LogP contribution in [-0.4, -0.2) is 25.8 Å². The number of carboxylic acid groups (broad SMARTS) is 1. The summed E-state index contributed by atoms with van der Waals surface area (Å²) < 4.78 is 2.45. The molecule has 0 aromatic carbocycles. The number of pyridine rings is 1. The summed E-state index contributed by atoms with van der Waals surface area (Å²) in [5.74, 6) is -1.07. The first-order valence-corrected chi connectivity index (χ1v) is 5.72. The summed E-state index contributed by atoms with van der Waals surface area (Å²) in [7, 11) is 0. The van der Waals surface area contributed by atoms with E-state index in [2.05, 4.69) is 26.0 Å². The van der Waals surface area contributed by atoms with E-state index in [-0.39, 0.29) is 5.69 Å². The fraction of sp³-hybridized carbons (Fsp3) is 0.182. The van der Waals surface area contributed by atoms with Gasteiger partial charge in [-0.05, 0) is 41.9 Å². The van der Waals surface area contributed by atoms with Crippen LogP contribution in [0, 0.1) is 13.8 Å². The van der Waals surface area contributed by atoms with E-state index in [1.54, 1.807) is 16.8 Å². The van der Waals surface area contributed by atoms with Crippen molar-refractivity contribution in [1.82, 2.24) is 14.8 Å². The minimum atomic E-state index is -1.07. The standard InChI is InChI=1S/C11H10BrN3O2/c1-6-9(12)7(2)15(14-6)8-4-3-5-13-10(8)11(16)17/h3-5H,1-2H3,(H,16,17). The lowest BCUT2D eigenvalue weighted by Gasteiger charge is -2.06. The second-order valence-corrected chi connectivity index (χ2v) is 4.37. The highest BCUT2D eigenvalue weighted by Crippen LogP contribution is 2.23. The Morgan fingerprint density at radius 1 is 1.47 bits per heavy atom. The topological polar surface area (TPSA) is 68.0 Å². The molecule has 5 nitrogen and oxygen atoms in total. The van der Waals surface area contributed by atoms with Gasteiger partial charge in [-0.15, -0.1) is 0 Å². The predicted molar refractivity (Wildman–Crippen MR) is 65.5 cm³/mol. The third-order valence-electron chi connectivity index (χ3n) is 2.42. The van der Waals surface area contributed by atoms with E-state index in [1.165, 1.54) is 6.20 Å². The second kappa shape index (κ2) is 4.29. The summed E-state index contributed by atoms with van der Waals surface area (Å²) in [6.45, 7) is 3.72. The van der Waals surface area contributed by atoms with Crippen LogP contribution in [0.1, 0.15) is 21.9 Å². The molecule has 2 aromatic heterocycles. The number of aromatic carboxylic acids is 1. The van der Waals surface area contributed by atoms with Crippen LogP contribution in [0.2, 0.25) is 0 Å². The molecule has 0 radical (unpaired) electrons. The minimum absolute atomic E-state index is 0.00870. The molecule has 88 valence electrons. The van der Waals surface area contributed by atoms with E-state index in [0.29, 0.717) is 5.69 Å². The lowest BCUT2D eigenvalue weighted by molar-refractivity contribution is 0.0690. The zero-order valence-electron chi connectivity index (χ0n) is 9.31. The maximum atomic E-state index is 11.1. The average molecular weight is 296 g/mol. The lowest BCUT2D eigenvalue weighted by atomic mass is 10.3. The van der Waals surface area contributed by atoms with Gasteiger partial charge in [0.15, 0.2) is 5.69 Å². The fourth-order valence-corrected chi connectivity index (χ4v) is 1.84. The van der Waals surface area contributed by atoms with E-state index in [1.807, 2.05) is 13.8 Å². The van der Waals surface area contributed by atoms with Crippen LogP contribution >= 0.6 is 15.9 Å². The zero-order valence-corrected chi connectivity index (χ0v) is 10.9. The Kier molecular flexibility index (Phi) is 2.97. The summed E-state index contributed by atoms with van der Waals surface area (Å²) in [5, 5.41) is 13.4. The van der Waals surface area contributed by atoms with Crippen LogP contribution in [0.25, 0.3) is 5.69 Å². The van der Waals surface area contributed by atoms with Gasteiger partial charge < -0.3 is 5.11 Å². The second-order valence-electron chi connectivity index (χ2n) is 3.57. The molecule has 0 aliphatic carbocycles. The number of carbonyl (C=O) groups is 1. The molecule has 6 heteroatoms. The Morgan fingerprint density at radius 3 is 2.71 bits per heavy atom. The molecular weight excluding hydrogens is 286 g/mol. The largest absolute Gasteiger partial charge is 0.476 e. The van der Waals surface area contributed by atoms with Crippen molar-refractivity contribution in [2.24, 2.45) is 0 Å². The minimum Gasteiger partial charge on any atom is -0.476 e. The van der Waals surface area contributed by atoms with Gasteiger partial charge in [0, 0.05) is 6.20 Å². The van der Waals surface area contributed by atoms with Crippen molar-refractivity contribution in [2.75, 3.05) is 0 Å². The maximum Gasteiger partial charge on any atom is 0.356 e. The van der Waals surface area contributed by atoms with Crippen molar-refractivity contribution >= 4 is 21.9 Å². The van der Waals surface area contributed by atoms with E-state index in [0.717, 1.165) is 15.9 Å². The molecule has 0 unspecified atom stereocenters. The van der Waals surface area contributed by atoms with Crippen LogP contribution in [0.5, 0.6) is 0 Å². The van der Waals surface area contributed by atoms with Crippen LogP contribution in [0.15, 0.2) is 22.8 Å². The smallest absolute Gasteiger partial charge is 0.356 e. The van der Waals surface area contributed by atoms with Crippen LogP contribution in [0.3, 0.4) is 0 Å². The van der Waals surface area contributed by atoms with Gasteiger partial charge in [0.25, 0.3) is 0 Å². The first-order valence-electron chi connectivity index (χ1n) is 4.92. The summed E-state index contributed by atoms with van der Waals surface area (Å²) in [5.41, 5.74) is 2.11.